The van der Waals surface area contributed by atoms with Crippen molar-refractivity contribution in [3.63, 3.8) is 0 Å². The molecular formula is C69H39N5S2. The zero-order valence-electron chi connectivity index (χ0n) is 40.6. The molecule has 5 nitrogen and oxygen atoms in total. The largest absolute Gasteiger partial charge is 0.309 e. The maximum absolute atomic E-state index is 5.67. The number of rotatable bonds is 5. The van der Waals surface area contributed by atoms with Gasteiger partial charge in [-0.05, 0) is 123 Å². The molecule has 7 heteroatoms. The van der Waals surface area contributed by atoms with Gasteiger partial charge in [0.1, 0.15) is 0 Å². The lowest BCUT2D eigenvalue weighted by molar-refractivity contribution is 1.07. The van der Waals surface area contributed by atoms with Gasteiger partial charge >= 0.3 is 0 Å². The first-order valence-corrected chi connectivity index (χ1v) is 27.3. The molecule has 0 radical (unpaired) electrons. The van der Waals surface area contributed by atoms with E-state index in [1.54, 1.807) is 0 Å². The van der Waals surface area contributed by atoms with Crippen molar-refractivity contribution in [2.75, 3.05) is 0 Å². The first-order chi connectivity index (χ1) is 37.6. The van der Waals surface area contributed by atoms with Gasteiger partial charge < -0.3 is 9.13 Å². The molecule has 17 rings (SSSR count). The van der Waals surface area contributed by atoms with Crippen molar-refractivity contribution >= 4 is 139 Å². The van der Waals surface area contributed by atoms with Crippen LogP contribution in [-0.2, 0) is 0 Å². The number of thiophene rings is 2. The van der Waals surface area contributed by atoms with Gasteiger partial charge in [0.2, 0.25) is 0 Å². The lowest BCUT2D eigenvalue weighted by atomic mass is 10.0. The summed E-state index contributed by atoms with van der Waals surface area (Å²) in [7, 11) is 0. The third-order valence-corrected chi connectivity index (χ3v) is 17.9. The fourth-order valence-corrected chi connectivity index (χ4v) is 14.4. The van der Waals surface area contributed by atoms with E-state index >= 15 is 0 Å². The number of benzene rings is 12. The smallest absolute Gasteiger partial charge is 0.166 e. The summed E-state index contributed by atoms with van der Waals surface area (Å²) in [5.41, 5.74) is 9.35. The Bertz CT molecular complexity index is 5220. The molecule has 0 aliphatic rings. The van der Waals surface area contributed by atoms with Crippen LogP contribution in [0.15, 0.2) is 237 Å². The lowest BCUT2D eigenvalue weighted by Crippen LogP contribution is -2.04. The summed E-state index contributed by atoms with van der Waals surface area (Å²) in [5, 5.41) is 16.9. The molecule has 352 valence electrons. The first-order valence-electron chi connectivity index (χ1n) is 25.6. The fourth-order valence-electron chi connectivity index (χ4n) is 12.2. The molecule has 0 unspecified atom stereocenters. The zero-order valence-corrected chi connectivity index (χ0v) is 42.2. The van der Waals surface area contributed by atoms with E-state index in [0.717, 1.165) is 50.1 Å². The summed E-state index contributed by atoms with van der Waals surface area (Å²) in [6, 6.07) is 86.4. The summed E-state index contributed by atoms with van der Waals surface area (Å²) in [5.74, 6) is 1.83. The van der Waals surface area contributed by atoms with Gasteiger partial charge in [-0.2, -0.15) is 0 Å². The monoisotopic (exact) mass is 1000 g/mol. The van der Waals surface area contributed by atoms with E-state index < -0.39 is 0 Å². The third kappa shape index (κ3) is 6.21. The second kappa shape index (κ2) is 16.0. The van der Waals surface area contributed by atoms with Crippen molar-refractivity contribution in [1.29, 1.82) is 0 Å². The van der Waals surface area contributed by atoms with E-state index in [0.29, 0.717) is 17.5 Å². The molecular weight excluding hydrogens is 963 g/mol. The minimum absolute atomic E-state index is 0.606. The zero-order chi connectivity index (χ0) is 49.6. The number of aromatic nitrogens is 5. The standard InChI is InChI=1S/C69H39N5S2/c1-2-19-47(20-3-1)73-57-24-12-10-22-49(57)50-29-26-46(37-58(50)73)68-70-67(45-28-30-63-54(34-45)51-23-11-13-25-62(51)75-63)71-69(72-68)55-39-65-56(66-48-21-9-8-14-40(48)27-31-64(66)76-65)38-61(55)74-59-35-43-17-6-4-15-41(43)32-52(59)53-33-42-16-5-7-18-44(42)36-60(53)74/h1-39H. The van der Waals surface area contributed by atoms with Gasteiger partial charge in [0.05, 0.1) is 27.8 Å². The molecule has 0 bridgehead atoms. The van der Waals surface area contributed by atoms with E-state index in [4.69, 9.17) is 15.0 Å². The van der Waals surface area contributed by atoms with E-state index in [9.17, 15) is 0 Å². The molecule has 0 saturated heterocycles. The summed E-state index contributed by atoms with van der Waals surface area (Å²) >= 11 is 3.64. The Morgan fingerprint density at radius 3 is 1.57 bits per heavy atom. The third-order valence-electron chi connectivity index (χ3n) is 15.7. The maximum atomic E-state index is 5.67. The highest BCUT2D eigenvalue weighted by atomic mass is 32.1. The van der Waals surface area contributed by atoms with E-state index in [1.807, 2.05) is 22.7 Å². The van der Waals surface area contributed by atoms with Gasteiger partial charge in [-0.15, -0.1) is 22.7 Å². The van der Waals surface area contributed by atoms with Crippen molar-refractivity contribution in [1.82, 2.24) is 24.1 Å². The van der Waals surface area contributed by atoms with Gasteiger partial charge in [-0.3, -0.25) is 0 Å². The van der Waals surface area contributed by atoms with Gasteiger partial charge in [-0.1, -0.05) is 146 Å². The molecule has 0 atom stereocenters. The summed E-state index contributed by atoms with van der Waals surface area (Å²) in [6.07, 6.45) is 0. The van der Waals surface area contributed by atoms with Gasteiger partial charge in [0, 0.05) is 84.3 Å². The highest BCUT2D eigenvalue weighted by Gasteiger charge is 2.24. The van der Waals surface area contributed by atoms with Crippen LogP contribution in [0, 0.1) is 0 Å². The second-order valence-electron chi connectivity index (χ2n) is 19.9. The molecule has 5 heterocycles. The lowest BCUT2D eigenvalue weighted by Gasteiger charge is -2.16. The maximum Gasteiger partial charge on any atom is 0.166 e. The summed E-state index contributed by atoms with van der Waals surface area (Å²) < 4.78 is 9.75. The molecule has 76 heavy (non-hydrogen) atoms. The van der Waals surface area contributed by atoms with Crippen LogP contribution in [0.5, 0.6) is 0 Å². The molecule has 12 aromatic carbocycles. The van der Waals surface area contributed by atoms with E-state index in [-0.39, 0.29) is 0 Å². The van der Waals surface area contributed by atoms with Crippen LogP contribution in [0.25, 0.3) is 162 Å². The van der Waals surface area contributed by atoms with E-state index in [2.05, 4.69) is 246 Å². The molecule has 0 aliphatic heterocycles. The van der Waals surface area contributed by atoms with Crippen LogP contribution in [0.1, 0.15) is 0 Å². The number of hydrogen-bond donors (Lipinski definition) is 0. The quantitative estimate of drug-likeness (QED) is 0.173. The minimum Gasteiger partial charge on any atom is -0.309 e. The van der Waals surface area contributed by atoms with Gasteiger partial charge in [0.25, 0.3) is 0 Å². The molecule has 17 aromatic rings. The Hall–Kier alpha value is -9.53. The predicted octanol–water partition coefficient (Wildman–Crippen LogP) is 19.3. The Labute approximate surface area is 442 Å². The Morgan fingerprint density at radius 2 is 0.816 bits per heavy atom. The Morgan fingerprint density at radius 1 is 0.276 bits per heavy atom. The van der Waals surface area contributed by atoms with Crippen molar-refractivity contribution < 1.29 is 0 Å². The highest BCUT2D eigenvalue weighted by Crippen LogP contribution is 2.46. The van der Waals surface area contributed by atoms with Crippen LogP contribution in [-0.4, -0.2) is 24.1 Å². The van der Waals surface area contributed by atoms with Crippen molar-refractivity contribution in [3.8, 4) is 45.5 Å². The van der Waals surface area contributed by atoms with E-state index in [1.165, 1.54) is 94.2 Å². The fraction of sp³-hybridized carbons (Fsp3) is 0. The number of fused-ring (bicyclic) bond motifs is 16. The topological polar surface area (TPSA) is 48.5 Å². The van der Waals surface area contributed by atoms with Gasteiger partial charge in [0.15, 0.2) is 17.5 Å². The minimum atomic E-state index is 0.606. The molecule has 0 saturated carbocycles. The molecule has 0 aliphatic carbocycles. The number of nitrogens with zero attached hydrogens (tertiary/aromatic N) is 5. The SMILES string of the molecule is c1ccc(-n2c3ccccc3c3ccc(-c4nc(-c5ccc6sc7ccccc7c6c5)nc(-c5cc6sc7ccc8ccccc8c7c6cc5-n5c6cc7ccccc7cc6c6cc7ccccc7cc65)n4)cc32)cc1. The highest BCUT2D eigenvalue weighted by molar-refractivity contribution is 7.26. The normalized spacial score (nSPS) is 12.2. The van der Waals surface area contributed by atoms with Gasteiger partial charge in [-0.25, -0.2) is 15.0 Å². The predicted molar refractivity (Wildman–Crippen MR) is 323 cm³/mol. The molecule has 0 spiro atoms. The average molecular weight is 1000 g/mol. The van der Waals surface area contributed by atoms with Crippen LogP contribution in [0.2, 0.25) is 0 Å². The van der Waals surface area contributed by atoms with Crippen LogP contribution in [0.4, 0.5) is 0 Å². The molecule has 0 fully saturated rings. The first kappa shape index (κ1) is 41.9. The van der Waals surface area contributed by atoms with Crippen molar-refractivity contribution in [2.24, 2.45) is 0 Å². The molecule has 5 aromatic heterocycles. The van der Waals surface area contributed by atoms with Crippen molar-refractivity contribution in [3.05, 3.63) is 237 Å². The Balaban J connectivity index is 1.00. The van der Waals surface area contributed by atoms with Crippen LogP contribution >= 0.6 is 22.7 Å². The average Bonchev–Trinajstić information content (AvgIpc) is 4.26. The Kier molecular flexibility index (Phi) is 8.81. The number of para-hydroxylation sites is 2. The van der Waals surface area contributed by atoms with Crippen molar-refractivity contribution in [2.45, 2.75) is 0 Å². The van der Waals surface area contributed by atoms with Crippen LogP contribution < -0.4 is 0 Å². The number of hydrogen-bond acceptors (Lipinski definition) is 5. The molecule has 0 N–H and O–H groups in total. The summed E-state index contributed by atoms with van der Waals surface area (Å²) in [4.78, 5) is 16.8. The summed E-state index contributed by atoms with van der Waals surface area (Å²) in [6.45, 7) is 0. The molecule has 0 amide bonds. The van der Waals surface area contributed by atoms with Crippen LogP contribution in [0.3, 0.4) is 0 Å². The second-order valence-corrected chi connectivity index (χ2v) is 22.1.